The number of nitrogens with zero attached hydrogens (tertiary/aromatic N) is 4. The fourth-order valence-corrected chi connectivity index (χ4v) is 2.35. The molecule has 1 aromatic carbocycles. The summed E-state index contributed by atoms with van der Waals surface area (Å²) in [5, 5.41) is 0. The van der Waals surface area contributed by atoms with Crippen molar-refractivity contribution in [2.24, 2.45) is 7.05 Å². The van der Waals surface area contributed by atoms with Gasteiger partial charge in [0.1, 0.15) is 17.7 Å². The monoisotopic (exact) mass is 304 g/mol. The molecule has 6 heteroatoms. The Morgan fingerprint density at radius 3 is 2.41 bits per heavy atom. The number of likely N-dealkylation sites (N-methyl/N-ethyl adjacent to an activating group) is 2. The number of benzene rings is 1. The third-order valence-corrected chi connectivity index (χ3v) is 3.61. The number of halogens is 1. The van der Waals surface area contributed by atoms with Crippen molar-refractivity contribution in [1.29, 1.82) is 0 Å². The molecule has 0 N–H and O–H groups in total. The Morgan fingerprint density at radius 2 is 1.91 bits per heavy atom. The number of rotatable bonds is 5. The lowest BCUT2D eigenvalue weighted by Crippen LogP contribution is -2.38. The van der Waals surface area contributed by atoms with E-state index in [9.17, 15) is 9.18 Å². The van der Waals surface area contributed by atoms with Gasteiger partial charge in [-0.05, 0) is 31.8 Å². The fraction of sp³-hybridized carbons (Fsp3) is 0.375. The first-order valence-corrected chi connectivity index (χ1v) is 7.03. The van der Waals surface area contributed by atoms with Gasteiger partial charge in [-0.25, -0.2) is 9.37 Å². The Balaban J connectivity index is 2.19. The second-order valence-electron chi connectivity index (χ2n) is 5.57. The zero-order valence-corrected chi connectivity index (χ0v) is 13.3. The maximum atomic E-state index is 13.1. The molecule has 1 aromatic heterocycles. The van der Waals surface area contributed by atoms with Crippen molar-refractivity contribution in [3.05, 3.63) is 53.9 Å². The van der Waals surface area contributed by atoms with Crippen molar-refractivity contribution in [3.63, 3.8) is 0 Å². The standard InChI is InChI=1S/C16H21FN4O/c1-19(2)15(12-5-7-13(17)8-6-12)16(22)21(4)11-14-18-9-10-20(14)3/h5-10,15H,11H2,1-4H3/t15-/m0/s1. The first kappa shape index (κ1) is 16.2. The first-order valence-electron chi connectivity index (χ1n) is 7.03. The fourth-order valence-electron chi connectivity index (χ4n) is 2.35. The van der Waals surface area contributed by atoms with Gasteiger partial charge in [-0.15, -0.1) is 0 Å². The second kappa shape index (κ2) is 6.70. The lowest BCUT2D eigenvalue weighted by atomic mass is 10.0. The van der Waals surface area contributed by atoms with Gasteiger partial charge >= 0.3 is 0 Å². The van der Waals surface area contributed by atoms with E-state index in [0.29, 0.717) is 6.54 Å². The van der Waals surface area contributed by atoms with Crippen molar-refractivity contribution in [2.45, 2.75) is 12.6 Å². The largest absolute Gasteiger partial charge is 0.337 e. The number of imidazole rings is 1. The SMILES string of the molecule is CN(Cc1nccn1C)C(=O)[C@H](c1ccc(F)cc1)N(C)C. The minimum absolute atomic E-state index is 0.0559. The molecule has 0 aliphatic rings. The summed E-state index contributed by atoms with van der Waals surface area (Å²) < 4.78 is 15.0. The van der Waals surface area contributed by atoms with Crippen molar-refractivity contribution < 1.29 is 9.18 Å². The highest BCUT2D eigenvalue weighted by Gasteiger charge is 2.26. The van der Waals surface area contributed by atoms with Crippen LogP contribution in [0.1, 0.15) is 17.4 Å². The van der Waals surface area contributed by atoms with Gasteiger partial charge in [0.15, 0.2) is 0 Å². The van der Waals surface area contributed by atoms with Crippen LogP contribution in [0.3, 0.4) is 0 Å². The average Bonchev–Trinajstić information content (AvgIpc) is 2.86. The molecule has 0 aliphatic carbocycles. The molecule has 0 bridgehead atoms. The first-order chi connectivity index (χ1) is 10.4. The summed E-state index contributed by atoms with van der Waals surface area (Å²) >= 11 is 0. The van der Waals surface area contributed by atoms with Gasteiger partial charge in [0, 0.05) is 26.5 Å². The quantitative estimate of drug-likeness (QED) is 0.846. The Kier molecular flexibility index (Phi) is 4.92. The Bertz CT molecular complexity index is 636. The number of hydrogen-bond acceptors (Lipinski definition) is 3. The van der Waals surface area contributed by atoms with E-state index in [-0.39, 0.29) is 11.7 Å². The molecule has 0 saturated carbocycles. The number of carbonyl (C=O) groups is 1. The van der Waals surface area contributed by atoms with E-state index in [1.54, 1.807) is 30.3 Å². The molecular weight excluding hydrogens is 283 g/mol. The smallest absolute Gasteiger partial charge is 0.244 e. The normalized spacial score (nSPS) is 12.5. The van der Waals surface area contributed by atoms with Crippen LogP contribution in [-0.2, 0) is 18.4 Å². The Morgan fingerprint density at radius 1 is 1.27 bits per heavy atom. The van der Waals surface area contributed by atoms with Gasteiger partial charge in [0.05, 0.1) is 6.54 Å². The maximum Gasteiger partial charge on any atom is 0.244 e. The molecular formula is C16H21FN4O. The topological polar surface area (TPSA) is 41.4 Å². The molecule has 0 unspecified atom stereocenters. The van der Waals surface area contributed by atoms with Crippen LogP contribution in [0.5, 0.6) is 0 Å². The molecule has 1 heterocycles. The van der Waals surface area contributed by atoms with Gasteiger partial charge in [-0.2, -0.15) is 0 Å². The molecule has 0 radical (unpaired) electrons. The van der Waals surface area contributed by atoms with Gasteiger partial charge in [-0.3, -0.25) is 9.69 Å². The van der Waals surface area contributed by atoms with E-state index in [2.05, 4.69) is 4.98 Å². The minimum Gasteiger partial charge on any atom is -0.337 e. The van der Waals surface area contributed by atoms with E-state index in [0.717, 1.165) is 11.4 Å². The van der Waals surface area contributed by atoms with Crippen LogP contribution in [0, 0.1) is 5.82 Å². The lowest BCUT2D eigenvalue weighted by Gasteiger charge is -2.28. The Hall–Kier alpha value is -2.21. The van der Waals surface area contributed by atoms with Gasteiger partial charge < -0.3 is 9.47 Å². The van der Waals surface area contributed by atoms with Crippen molar-refractivity contribution in [2.75, 3.05) is 21.1 Å². The molecule has 1 amide bonds. The van der Waals surface area contributed by atoms with E-state index >= 15 is 0 Å². The lowest BCUT2D eigenvalue weighted by molar-refractivity contribution is -0.135. The number of carbonyl (C=O) groups excluding carboxylic acids is 1. The summed E-state index contributed by atoms with van der Waals surface area (Å²) in [6, 6.07) is 5.58. The Labute approximate surface area is 130 Å². The zero-order chi connectivity index (χ0) is 16.3. The molecule has 2 aromatic rings. The minimum atomic E-state index is -0.453. The summed E-state index contributed by atoms with van der Waals surface area (Å²) in [7, 11) is 7.31. The number of hydrogen-bond donors (Lipinski definition) is 0. The molecule has 5 nitrogen and oxygen atoms in total. The third kappa shape index (κ3) is 3.51. The number of amides is 1. The van der Waals surface area contributed by atoms with Crippen LogP contribution < -0.4 is 0 Å². The van der Waals surface area contributed by atoms with Gasteiger partial charge in [0.2, 0.25) is 5.91 Å². The molecule has 118 valence electrons. The van der Waals surface area contributed by atoms with E-state index in [1.807, 2.05) is 36.8 Å². The highest BCUT2D eigenvalue weighted by atomic mass is 19.1. The summed E-state index contributed by atoms with van der Waals surface area (Å²) in [4.78, 5) is 20.5. The van der Waals surface area contributed by atoms with Gasteiger partial charge in [0.25, 0.3) is 0 Å². The predicted octanol–water partition coefficient (Wildman–Crippen LogP) is 1.82. The molecule has 0 fully saturated rings. The summed E-state index contributed by atoms with van der Waals surface area (Å²) in [5.41, 5.74) is 0.767. The van der Waals surface area contributed by atoms with Crippen LogP contribution in [0.15, 0.2) is 36.7 Å². The molecule has 0 saturated heterocycles. The molecule has 22 heavy (non-hydrogen) atoms. The van der Waals surface area contributed by atoms with Crippen molar-refractivity contribution in [1.82, 2.24) is 19.4 Å². The van der Waals surface area contributed by atoms with Crippen LogP contribution >= 0.6 is 0 Å². The predicted molar refractivity (Wildman–Crippen MR) is 82.5 cm³/mol. The van der Waals surface area contributed by atoms with Crippen molar-refractivity contribution >= 4 is 5.91 Å². The summed E-state index contributed by atoms with van der Waals surface area (Å²) in [6.07, 6.45) is 3.55. The molecule has 1 atom stereocenters. The maximum absolute atomic E-state index is 13.1. The number of aryl methyl sites for hydroxylation is 1. The van der Waals surface area contributed by atoms with E-state index < -0.39 is 6.04 Å². The highest BCUT2D eigenvalue weighted by molar-refractivity contribution is 5.83. The average molecular weight is 304 g/mol. The molecule has 2 rings (SSSR count). The highest BCUT2D eigenvalue weighted by Crippen LogP contribution is 2.21. The van der Waals surface area contributed by atoms with E-state index in [4.69, 9.17) is 0 Å². The molecule has 0 spiro atoms. The third-order valence-electron chi connectivity index (χ3n) is 3.61. The van der Waals surface area contributed by atoms with Crippen LogP contribution in [0.2, 0.25) is 0 Å². The van der Waals surface area contributed by atoms with Gasteiger partial charge in [-0.1, -0.05) is 12.1 Å². The van der Waals surface area contributed by atoms with E-state index in [1.165, 1.54) is 12.1 Å². The summed E-state index contributed by atoms with van der Waals surface area (Å²) in [6.45, 7) is 0.424. The zero-order valence-electron chi connectivity index (χ0n) is 13.3. The van der Waals surface area contributed by atoms with Crippen molar-refractivity contribution in [3.8, 4) is 0 Å². The van der Waals surface area contributed by atoms with Crippen LogP contribution in [-0.4, -0.2) is 46.4 Å². The number of aromatic nitrogens is 2. The summed E-state index contributed by atoms with van der Waals surface area (Å²) in [5.74, 6) is 0.446. The second-order valence-corrected chi connectivity index (χ2v) is 5.57. The van der Waals surface area contributed by atoms with Crippen LogP contribution in [0.4, 0.5) is 4.39 Å². The van der Waals surface area contributed by atoms with Crippen LogP contribution in [0.25, 0.3) is 0 Å². The molecule has 0 aliphatic heterocycles.